The highest BCUT2D eigenvalue weighted by Gasteiger charge is 2.25. The molecule has 2 aliphatic rings. The number of rotatable bonds is 7. The number of amides is 1. The van der Waals surface area contributed by atoms with Gasteiger partial charge in [0.15, 0.2) is 5.17 Å². The van der Waals surface area contributed by atoms with Crippen molar-refractivity contribution in [1.82, 2.24) is 10.2 Å². The van der Waals surface area contributed by atoms with E-state index in [0.29, 0.717) is 11.8 Å². The Balaban J connectivity index is 1.56. The third kappa shape index (κ3) is 6.43. The maximum atomic E-state index is 11.8. The van der Waals surface area contributed by atoms with E-state index in [1.54, 1.807) is 6.21 Å². The lowest BCUT2D eigenvalue weighted by Gasteiger charge is -2.30. The van der Waals surface area contributed by atoms with Gasteiger partial charge < -0.3 is 9.47 Å². The lowest BCUT2D eigenvalue weighted by molar-refractivity contribution is -0.135. The molecule has 2 heterocycles. The molecule has 1 unspecified atom stereocenters. The number of hydrogen-bond donors (Lipinski definition) is 1. The van der Waals surface area contributed by atoms with Crippen LogP contribution in [0.4, 0.5) is 0 Å². The number of carbonyl (C=O) groups is 2. The summed E-state index contributed by atoms with van der Waals surface area (Å²) in [5, 5.41) is 10.9. The molecule has 2 aliphatic heterocycles. The van der Waals surface area contributed by atoms with Crippen molar-refractivity contribution in [2.45, 2.75) is 19.8 Å². The standard InChI is InChI=1S/C21H26N4O4S/c1-15-6-5-9-25(14-15)10-11-29-17-8-4-3-7-16(17)13-22-24-21-23-20(27)18(30-21)12-19(26)28-2/h3-4,7-8,12-13,15H,5-6,9-11,14H2,1-2H3,(H,23,24,27)/b18-12+,22-13?. The van der Waals surface area contributed by atoms with E-state index in [4.69, 9.17) is 4.74 Å². The van der Waals surface area contributed by atoms with Crippen molar-refractivity contribution in [3.8, 4) is 5.75 Å². The number of carbonyl (C=O) groups excluding carboxylic acids is 2. The Morgan fingerprint density at radius 2 is 2.23 bits per heavy atom. The van der Waals surface area contributed by atoms with E-state index in [2.05, 4.69) is 32.1 Å². The average molecular weight is 431 g/mol. The van der Waals surface area contributed by atoms with Crippen LogP contribution in [-0.2, 0) is 14.3 Å². The second-order valence-electron chi connectivity index (χ2n) is 7.17. The number of piperidine rings is 1. The second-order valence-corrected chi connectivity index (χ2v) is 8.20. The molecular weight excluding hydrogens is 404 g/mol. The number of thioether (sulfide) groups is 1. The molecule has 3 rings (SSSR count). The van der Waals surface area contributed by atoms with Crippen molar-refractivity contribution in [3.05, 3.63) is 40.8 Å². The van der Waals surface area contributed by atoms with E-state index >= 15 is 0 Å². The second kappa shape index (κ2) is 10.9. The number of hydrogen-bond acceptors (Lipinski definition) is 8. The smallest absolute Gasteiger partial charge is 0.331 e. The zero-order chi connectivity index (χ0) is 21.3. The first kappa shape index (κ1) is 22.0. The molecule has 1 aromatic rings. The molecule has 0 bridgehead atoms. The van der Waals surface area contributed by atoms with Crippen molar-refractivity contribution < 1.29 is 19.1 Å². The summed E-state index contributed by atoms with van der Waals surface area (Å²) in [7, 11) is 1.25. The first-order chi connectivity index (χ1) is 14.5. The minimum absolute atomic E-state index is 0.214. The molecule has 8 nitrogen and oxygen atoms in total. The summed E-state index contributed by atoms with van der Waals surface area (Å²) in [4.78, 5) is 25.8. The molecule has 2 saturated heterocycles. The van der Waals surface area contributed by atoms with Crippen LogP contribution in [0.2, 0.25) is 0 Å². The third-order valence-corrected chi connectivity index (χ3v) is 5.67. The van der Waals surface area contributed by atoms with Gasteiger partial charge in [-0.3, -0.25) is 15.0 Å². The van der Waals surface area contributed by atoms with Gasteiger partial charge in [0.05, 0.1) is 18.2 Å². The average Bonchev–Trinajstić information content (AvgIpc) is 3.08. The summed E-state index contributed by atoms with van der Waals surface area (Å²) in [6.45, 7) is 6.05. The van der Waals surface area contributed by atoms with Crippen molar-refractivity contribution in [3.63, 3.8) is 0 Å². The number of nitrogens with zero attached hydrogens (tertiary/aromatic N) is 3. The molecule has 30 heavy (non-hydrogen) atoms. The fourth-order valence-electron chi connectivity index (χ4n) is 3.28. The zero-order valence-electron chi connectivity index (χ0n) is 17.2. The highest BCUT2D eigenvalue weighted by molar-refractivity contribution is 8.18. The molecule has 2 fully saturated rings. The van der Waals surface area contributed by atoms with Crippen LogP contribution >= 0.6 is 11.8 Å². The molecule has 0 spiro atoms. The molecular formula is C21H26N4O4S. The summed E-state index contributed by atoms with van der Waals surface area (Å²) in [5.41, 5.74) is 0.800. The van der Waals surface area contributed by atoms with E-state index in [1.807, 2.05) is 24.3 Å². The Bertz CT molecular complexity index is 868. The maximum absolute atomic E-state index is 11.8. The number of likely N-dealkylation sites (tertiary alicyclic amines) is 1. The highest BCUT2D eigenvalue weighted by Crippen LogP contribution is 2.23. The van der Waals surface area contributed by atoms with Crippen LogP contribution < -0.4 is 10.1 Å². The molecule has 1 aromatic carbocycles. The first-order valence-corrected chi connectivity index (χ1v) is 10.7. The number of nitrogens with one attached hydrogen (secondary N) is 1. The van der Waals surface area contributed by atoms with E-state index in [1.165, 1.54) is 20.0 Å². The molecule has 1 N–H and O–H groups in total. The predicted octanol–water partition coefficient (Wildman–Crippen LogP) is 2.41. The van der Waals surface area contributed by atoms with E-state index in [9.17, 15) is 9.59 Å². The Hall–Kier alpha value is -2.65. The summed E-state index contributed by atoms with van der Waals surface area (Å²) < 4.78 is 10.5. The van der Waals surface area contributed by atoms with Crippen molar-refractivity contribution in [2.75, 3.05) is 33.4 Å². The summed E-state index contributed by atoms with van der Waals surface area (Å²) in [5.74, 6) is 0.479. The van der Waals surface area contributed by atoms with Crippen LogP contribution in [0.1, 0.15) is 25.3 Å². The van der Waals surface area contributed by atoms with Crippen LogP contribution in [0.5, 0.6) is 5.75 Å². The number of methoxy groups -OCH3 is 1. The van der Waals surface area contributed by atoms with Crippen molar-refractivity contribution in [1.29, 1.82) is 0 Å². The van der Waals surface area contributed by atoms with Crippen LogP contribution in [0.25, 0.3) is 0 Å². The maximum Gasteiger partial charge on any atom is 0.331 e. The molecule has 0 radical (unpaired) electrons. The van der Waals surface area contributed by atoms with Crippen LogP contribution in [0, 0.1) is 5.92 Å². The number of ether oxygens (including phenoxy) is 2. The van der Waals surface area contributed by atoms with Gasteiger partial charge in [0.1, 0.15) is 12.4 Å². The van der Waals surface area contributed by atoms with E-state index in [0.717, 1.165) is 54.7 Å². The Kier molecular flexibility index (Phi) is 8.04. The molecule has 0 saturated carbocycles. The summed E-state index contributed by atoms with van der Waals surface area (Å²) >= 11 is 1.03. The van der Waals surface area contributed by atoms with Crippen LogP contribution in [0.3, 0.4) is 0 Å². The van der Waals surface area contributed by atoms with Gasteiger partial charge in [-0.2, -0.15) is 5.10 Å². The Labute approximate surface area is 180 Å². The van der Waals surface area contributed by atoms with Crippen molar-refractivity contribution >= 4 is 35.0 Å². The number of amidine groups is 1. The van der Waals surface area contributed by atoms with E-state index < -0.39 is 11.9 Å². The fraction of sp³-hybridized carbons (Fsp3) is 0.429. The lowest BCUT2D eigenvalue weighted by atomic mass is 10.0. The van der Waals surface area contributed by atoms with Gasteiger partial charge in [0, 0.05) is 24.7 Å². The van der Waals surface area contributed by atoms with Gasteiger partial charge in [-0.15, -0.1) is 5.10 Å². The summed E-state index contributed by atoms with van der Waals surface area (Å²) in [6, 6.07) is 7.61. The van der Waals surface area contributed by atoms with Gasteiger partial charge in [-0.1, -0.05) is 19.1 Å². The molecule has 0 aromatic heterocycles. The number of esters is 1. The molecule has 160 valence electrons. The monoisotopic (exact) mass is 430 g/mol. The van der Waals surface area contributed by atoms with Crippen LogP contribution in [-0.4, -0.2) is 61.5 Å². The van der Waals surface area contributed by atoms with Gasteiger partial charge in [0.2, 0.25) is 0 Å². The number of benzene rings is 1. The predicted molar refractivity (Wildman–Crippen MR) is 118 cm³/mol. The van der Waals surface area contributed by atoms with E-state index in [-0.39, 0.29) is 4.91 Å². The van der Waals surface area contributed by atoms with Crippen molar-refractivity contribution in [2.24, 2.45) is 16.1 Å². The zero-order valence-corrected chi connectivity index (χ0v) is 18.0. The fourth-order valence-corrected chi connectivity index (χ4v) is 4.02. The molecule has 1 atom stereocenters. The molecule has 0 aliphatic carbocycles. The Morgan fingerprint density at radius 1 is 1.40 bits per heavy atom. The lowest BCUT2D eigenvalue weighted by Crippen LogP contribution is -2.37. The van der Waals surface area contributed by atoms with Gasteiger partial charge >= 0.3 is 5.97 Å². The first-order valence-electron chi connectivity index (χ1n) is 9.89. The highest BCUT2D eigenvalue weighted by atomic mass is 32.2. The van der Waals surface area contributed by atoms with Gasteiger partial charge in [0.25, 0.3) is 5.91 Å². The third-order valence-electron chi connectivity index (χ3n) is 4.77. The topological polar surface area (TPSA) is 92.6 Å². The quantitative estimate of drug-likeness (QED) is 0.309. The Morgan fingerprint density at radius 3 is 3.03 bits per heavy atom. The molecule has 9 heteroatoms. The van der Waals surface area contributed by atoms with Gasteiger partial charge in [-0.25, -0.2) is 4.79 Å². The van der Waals surface area contributed by atoms with Gasteiger partial charge in [-0.05, 0) is 49.2 Å². The number of para-hydroxylation sites is 1. The normalized spacial score (nSPS) is 22.6. The minimum atomic E-state index is -0.595. The van der Waals surface area contributed by atoms with Crippen LogP contribution in [0.15, 0.2) is 45.4 Å². The minimum Gasteiger partial charge on any atom is -0.492 e. The molecule has 1 amide bonds. The SMILES string of the molecule is COC(=O)/C=C1/S/C(=N\N=Cc2ccccc2OCCN2CCCC(C)C2)NC1=O. The summed E-state index contributed by atoms with van der Waals surface area (Å²) in [6.07, 6.45) is 5.26. The largest absolute Gasteiger partial charge is 0.492 e.